The Labute approximate surface area is 196 Å². The maximum atomic E-state index is 14.2. The summed E-state index contributed by atoms with van der Waals surface area (Å²) in [6.07, 6.45) is 2.67. The molecule has 1 aromatic heterocycles. The van der Waals surface area contributed by atoms with E-state index in [1.807, 2.05) is 4.90 Å². The normalized spacial score (nSPS) is 17.1. The Morgan fingerprint density at radius 3 is 2.50 bits per heavy atom. The van der Waals surface area contributed by atoms with Gasteiger partial charge >= 0.3 is 5.97 Å². The van der Waals surface area contributed by atoms with Crippen molar-refractivity contribution in [1.82, 2.24) is 10.6 Å². The van der Waals surface area contributed by atoms with E-state index in [9.17, 15) is 18.8 Å². The standard InChI is InChI=1S/C24H28FN3O6/c1-32-19-7-6-18(34-19)21(29)27-24(10-11-24)23(31)26-14-15-8-12-28(13-9-15)17-5-3-4-16(25)20(17)22(30)33-2/h3-7,15H,8-14H2,1-2H3,(H,26,31)(H,27,29). The third kappa shape index (κ3) is 4.85. The zero-order valence-electron chi connectivity index (χ0n) is 19.2. The van der Waals surface area contributed by atoms with Crippen LogP contribution in [0.4, 0.5) is 10.1 Å². The van der Waals surface area contributed by atoms with E-state index < -0.39 is 23.2 Å². The van der Waals surface area contributed by atoms with Crippen molar-refractivity contribution in [2.24, 2.45) is 5.92 Å². The second-order valence-corrected chi connectivity index (χ2v) is 8.63. The Bertz CT molecular complexity index is 1070. The lowest BCUT2D eigenvalue weighted by molar-refractivity contribution is -0.124. The van der Waals surface area contributed by atoms with Gasteiger partial charge in [0.25, 0.3) is 11.9 Å². The predicted octanol–water partition coefficient (Wildman–Crippen LogP) is 2.51. The molecule has 0 bridgehead atoms. The first kappa shape index (κ1) is 23.6. The van der Waals surface area contributed by atoms with E-state index in [-0.39, 0.29) is 29.1 Å². The van der Waals surface area contributed by atoms with Crippen LogP contribution in [0.25, 0.3) is 0 Å². The van der Waals surface area contributed by atoms with Crippen LogP contribution < -0.4 is 20.3 Å². The molecule has 1 saturated carbocycles. The number of ether oxygens (including phenoxy) is 2. The van der Waals surface area contributed by atoms with E-state index in [2.05, 4.69) is 10.6 Å². The van der Waals surface area contributed by atoms with Gasteiger partial charge < -0.3 is 29.4 Å². The first-order valence-electron chi connectivity index (χ1n) is 11.2. The first-order chi connectivity index (χ1) is 16.4. The van der Waals surface area contributed by atoms with Crippen molar-refractivity contribution in [2.45, 2.75) is 31.2 Å². The fourth-order valence-electron chi connectivity index (χ4n) is 4.23. The second-order valence-electron chi connectivity index (χ2n) is 8.63. The molecule has 1 aliphatic carbocycles. The summed E-state index contributed by atoms with van der Waals surface area (Å²) in [5.41, 5.74) is -0.449. The number of halogens is 1. The summed E-state index contributed by atoms with van der Waals surface area (Å²) < 4.78 is 29.2. The van der Waals surface area contributed by atoms with Crippen LogP contribution in [0.2, 0.25) is 0 Å². The summed E-state index contributed by atoms with van der Waals surface area (Å²) in [5, 5.41) is 5.75. The number of carbonyl (C=O) groups is 3. The lowest BCUT2D eigenvalue weighted by Crippen LogP contribution is -2.50. The van der Waals surface area contributed by atoms with Gasteiger partial charge in [0.05, 0.1) is 19.9 Å². The summed E-state index contributed by atoms with van der Waals surface area (Å²) in [7, 11) is 2.67. The molecule has 2 aromatic rings. The maximum absolute atomic E-state index is 14.2. The zero-order chi connectivity index (χ0) is 24.3. The van der Waals surface area contributed by atoms with Gasteiger partial charge in [0.15, 0.2) is 5.76 Å². The molecule has 9 nitrogen and oxygen atoms in total. The second kappa shape index (κ2) is 9.74. The molecular formula is C24H28FN3O6. The Kier molecular flexibility index (Phi) is 6.76. The molecule has 2 fully saturated rings. The highest BCUT2D eigenvalue weighted by molar-refractivity contribution is 5.99. The molecule has 0 radical (unpaired) electrons. The number of nitrogens with zero attached hydrogens (tertiary/aromatic N) is 1. The van der Waals surface area contributed by atoms with Crippen molar-refractivity contribution < 1.29 is 32.7 Å². The summed E-state index contributed by atoms with van der Waals surface area (Å²) in [4.78, 5) is 39.2. The Balaban J connectivity index is 1.28. The smallest absolute Gasteiger partial charge is 0.342 e. The number of anilines is 1. The molecule has 0 spiro atoms. The summed E-state index contributed by atoms with van der Waals surface area (Å²) in [5.74, 6) is -1.43. The van der Waals surface area contributed by atoms with Gasteiger partial charge in [-0.05, 0) is 49.8 Å². The van der Waals surface area contributed by atoms with E-state index >= 15 is 0 Å². The number of hydrogen-bond acceptors (Lipinski definition) is 7. The topological polar surface area (TPSA) is 110 Å². The van der Waals surface area contributed by atoms with E-state index in [1.54, 1.807) is 18.2 Å². The van der Waals surface area contributed by atoms with Crippen LogP contribution in [-0.2, 0) is 9.53 Å². The van der Waals surface area contributed by atoms with Crippen LogP contribution in [0.15, 0.2) is 34.7 Å². The summed E-state index contributed by atoms with van der Waals surface area (Å²) in [6, 6.07) is 7.57. The number of amides is 2. The number of nitrogens with one attached hydrogen (secondary N) is 2. The molecule has 2 aliphatic rings. The maximum Gasteiger partial charge on any atom is 0.342 e. The highest BCUT2D eigenvalue weighted by Gasteiger charge is 2.51. The number of hydrogen-bond donors (Lipinski definition) is 2. The van der Waals surface area contributed by atoms with Crippen molar-refractivity contribution in [3.8, 4) is 5.95 Å². The number of rotatable bonds is 8. The third-order valence-electron chi connectivity index (χ3n) is 6.43. The summed E-state index contributed by atoms with van der Waals surface area (Å²) >= 11 is 0. The molecule has 2 heterocycles. The SMILES string of the molecule is COC(=O)c1c(F)cccc1N1CCC(CNC(=O)C2(NC(=O)c3ccc(OC)o3)CC2)CC1. The molecule has 34 heavy (non-hydrogen) atoms. The van der Waals surface area contributed by atoms with Crippen LogP contribution in [0.3, 0.4) is 0 Å². The van der Waals surface area contributed by atoms with Crippen molar-refractivity contribution >= 4 is 23.5 Å². The highest BCUT2D eigenvalue weighted by atomic mass is 19.1. The molecule has 1 aromatic carbocycles. The van der Waals surface area contributed by atoms with Crippen LogP contribution in [-0.4, -0.2) is 57.2 Å². The van der Waals surface area contributed by atoms with E-state index in [4.69, 9.17) is 13.9 Å². The van der Waals surface area contributed by atoms with Gasteiger partial charge in [-0.1, -0.05) is 6.07 Å². The van der Waals surface area contributed by atoms with Crippen LogP contribution >= 0.6 is 0 Å². The number of carbonyl (C=O) groups excluding carboxylic acids is 3. The van der Waals surface area contributed by atoms with Gasteiger partial charge in [-0.2, -0.15) is 0 Å². The van der Waals surface area contributed by atoms with E-state index in [0.717, 1.165) is 12.8 Å². The number of benzene rings is 1. The molecule has 10 heteroatoms. The molecule has 0 unspecified atom stereocenters. The van der Waals surface area contributed by atoms with Crippen LogP contribution in [0, 0.1) is 11.7 Å². The third-order valence-corrected chi connectivity index (χ3v) is 6.43. The molecule has 1 saturated heterocycles. The fraction of sp³-hybridized carbons (Fsp3) is 0.458. The molecule has 2 N–H and O–H groups in total. The number of furan rings is 1. The molecule has 2 amide bonds. The summed E-state index contributed by atoms with van der Waals surface area (Å²) in [6.45, 7) is 1.72. The predicted molar refractivity (Wildman–Crippen MR) is 120 cm³/mol. The quantitative estimate of drug-likeness (QED) is 0.567. The van der Waals surface area contributed by atoms with Gasteiger partial charge in [0, 0.05) is 25.7 Å². The van der Waals surface area contributed by atoms with Crippen molar-refractivity contribution in [2.75, 3.05) is 38.8 Å². The minimum atomic E-state index is -0.908. The number of esters is 1. The van der Waals surface area contributed by atoms with E-state index in [1.165, 1.54) is 26.4 Å². The Hall–Kier alpha value is -3.56. The molecule has 4 rings (SSSR count). The molecular weight excluding hydrogens is 445 g/mol. The van der Waals surface area contributed by atoms with Gasteiger partial charge in [-0.15, -0.1) is 0 Å². The van der Waals surface area contributed by atoms with Gasteiger partial charge in [0.2, 0.25) is 5.91 Å². The average molecular weight is 474 g/mol. The average Bonchev–Trinajstić information content (AvgIpc) is 3.47. The minimum Gasteiger partial charge on any atom is -0.468 e. The van der Waals surface area contributed by atoms with Crippen LogP contribution in [0.1, 0.15) is 46.6 Å². The number of piperidine rings is 1. The largest absolute Gasteiger partial charge is 0.468 e. The van der Waals surface area contributed by atoms with Crippen molar-refractivity contribution in [3.63, 3.8) is 0 Å². The van der Waals surface area contributed by atoms with Crippen molar-refractivity contribution in [1.29, 1.82) is 0 Å². The van der Waals surface area contributed by atoms with E-state index in [0.29, 0.717) is 38.2 Å². The molecule has 182 valence electrons. The lowest BCUT2D eigenvalue weighted by Gasteiger charge is -2.34. The van der Waals surface area contributed by atoms with Crippen molar-refractivity contribution in [3.05, 3.63) is 47.5 Å². The van der Waals surface area contributed by atoms with Gasteiger partial charge in [-0.25, -0.2) is 9.18 Å². The first-order valence-corrected chi connectivity index (χ1v) is 11.2. The van der Waals surface area contributed by atoms with Gasteiger partial charge in [0.1, 0.15) is 16.9 Å². The molecule has 1 aliphatic heterocycles. The minimum absolute atomic E-state index is 0.0580. The molecule has 0 atom stereocenters. The Morgan fingerprint density at radius 2 is 1.88 bits per heavy atom. The lowest BCUT2D eigenvalue weighted by atomic mass is 9.95. The highest BCUT2D eigenvalue weighted by Crippen LogP contribution is 2.36. The van der Waals surface area contributed by atoms with Gasteiger partial charge in [-0.3, -0.25) is 9.59 Å². The number of methoxy groups -OCH3 is 2. The Morgan fingerprint density at radius 1 is 1.15 bits per heavy atom. The van der Waals surface area contributed by atoms with Crippen LogP contribution in [0.5, 0.6) is 5.95 Å². The monoisotopic (exact) mass is 473 g/mol. The fourth-order valence-corrected chi connectivity index (χ4v) is 4.23. The zero-order valence-corrected chi connectivity index (χ0v) is 19.2.